The van der Waals surface area contributed by atoms with Gasteiger partial charge in [0.2, 0.25) is 35.4 Å². The first-order chi connectivity index (χ1) is 33.6. The van der Waals surface area contributed by atoms with Crippen molar-refractivity contribution in [3.05, 3.63) is 106 Å². The summed E-state index contributed by atoms with van der Waals surface area (Å²) < 4.78 is 0. The maximum Gasteiger partial charge on any atom is 0.251 e. The summed E-state index contributed by atoms with van der Waals surface area (Å²) in [7, 11) is 3.32. The standard InChI is InChI=1S/C55H77N9O7/c1-32(56-9)47(65)62-45(54(3,4)5)52(70)61-43(50(68)59-41-23-15-19-35-17-11-13-21-39(35)41)29-34-25-27-37(28-26-34)49(67)58-38-30-44(51(69)60-42-24-16-20-36-18-12-14-22-40(36)42)64(31-38)53(71)46(55(6,7)8)63-48(66)33(2)57-10/h11-14,17-18,21-22,25-28,32-33,38,41-46,56-57H,15-16,19-20,23-24,29-31H2,1-10H3,(H,58,67)(H,59,68)(H,60,69)(H,61,70)(H,62,65)(H,63,66). The van der Waals surface area contributed by atoms with Crippen LogP contribution in [-0.4, -0.2) is 109 Å². The smallest absolute Gasteiger partial charge is 0.251 e. The van der Waals surface area contributed by atoms with E-state index in [1.807, 2.05) is 77.9 Å². The van der Waals surface area contributed by atoms with Crippen molar-refractivity contribution in [1.82, 2.24) is 47.4 Å². The number of nitrogens with zero attached hydrogens (tertiary/aromatic N) is 1. The molecular formula is C55H77N9O7. The zero-order valence-corrected chi connectivity index (χ0v) is 43.3. The van der Waals surface area contributed by atoms with Crippen LogP contribution >= 0.6 is 0 Å². The van der Waals surface area contributed by atoms with E-state index in [4.69, 9.17) is 0 Å². The third-order valence-corrected chi connectivity index (χ3v) is 14.3. The lowest BCUT2D eigenvalue weighted by Crippen LogP contribution is -2.60. The average molecular weight is 976 g/mol. The summed E-state index contributed by atoms with van der Waals surface area (Å²) in [4.78, 5) is 99.3. The van der Waals surface area contributed by atoms with Gasteiger partial charge in [-0.05, 0) is 124 Å². The quantitative estimate of drug-likeness (QED) is 0.0977. The predicted octanol–water partition coefficient (Wildman–Crippen LogP) is 4.08. The van der Waals surface area contributed by atoms with Gasteiger partial charge in [-0.15, -0.1) is 0 Å². The van der Waals surface area contributed by atoms with Gasteiger partial charge in [0, 0.05) is 24.6 Å². The van der Waals surface area contributed by atoms with Gasteiger partial charge in [0.15, 0.2) is 0 Å². The second-order valence-corrected chi connectivity index (χ2v) is 21.8. The SMILES string of the molecule is CNC(C)C(=O)NC(C(=O)NC(Cc1ccc(C(=O)NC2CC(C(=O)NC3CCCc4ccccc43)N(C(=O)C(NC(=O)C(C)NC)C(C)(C)C)C2)cc1)C(=O)NC1CCCc2ccccc21)C(C)(C)C. The molecule has 384 valence electrons. The monoisotopic (exact) mass is 976 g/mol. The number of likely N-dealkylation sites (N-methyl/N-ethyl adjacent to an activating group) is 2. The normalized spacial score (nSPS) is 20.9. The molecule has 9 atom stereocenters. The second kappa shape index (κ2) is 23.4. The minimum Gasteiger partial charge on any atom is -0.347 e. The lowest BCUT2D eigenvalue weighted by atomic mass is 9.85. The third kappa shape index (κ3) is 13.6. The molecule has 3 aromatic carbocycles. The van der Waals surface area contributed by atoms with Crippen LogP contribution in [0.4, 0.5) is 0 Å². The molecule has 0 radical (unpaired) electrons. The number of hydrogen-bond donors (Lipinski definition) is 8. The van der Waals surface area contributed by atoms with Crippen LogP contribution in [0.25, 0.3) is 0 Å². The highest BCUT2D eigenvalue weighted by Gasteiger charge is 2.46. The summed E-state index contributed by atoms with van der Waals surface area (Å²) in [6.45, 7) is 14.6. The molecule has 1 heterocycles. The molecule has 2 aliphatic carbocycles. The van der Waals surface area contributed by atoms with Gasteiger partial charge >= 0.3 is 0 Å². The molecule has 0 bridgehead atoms. The maximum atomic E-state index is 14.6. The summed E-state index contributed by atoms with van der Waals surface area (Å²) in [5, 5.41) is 24.1. The lowest BCUT2D eigenvalue weighted by Gasteiger charge is -2.36. The molecule has 16 heteroatoms. The number of rotatable bonds is 17. The second-order valence-electron chi connectivity index (χ2n) is 21.8. The van der Waals surface area contributed by atoms with E-state index >= 15 is 0 Å². The van der Waals surface area contributed by atoms with Crippen molar-refractivity contribution >= 4 is 41.4 Å². The number of likely N-dealkylation sites (tertiary alicyclic amines) is 1. The van der Waals surface area contributed by atoms with Crippen LogP contribution in [-0.2, 0) is 48.0 Å². The van der Waals surface area contributed by atoms with E-state index in [2.05, 4.69) is 54.7 Å². The minimum atomic E-state index is -1.03. The molecule has 7 amide bonds. The molecule has 9 unspecified atom stereocenters. The van der Waals surface area contributed by atoms with E-state index in [9.17, 15) is 33.6 Å². The van der Waals surface area contributed by atoms with Crippen molar-refractivity contribution < 1.29 is 33.6 Å². The molecule has 3 aromatic rings. The number of aryl methyl sites for hydroxylation is 2. The van der Waals surface area contributed by atoms with Crippen molar-refractivity contribution in [2.24, 2.45) is 10.8 Å². The predicted molar refractivity (Wildman–Crippen MR) is 274 cm³/mol. The number of carbonyl (C=O) groups is 7. The van der Waals surface area contributed by atoms with E-state index in [-0.39, 0.29) is 55.1 Å². The zero-order valence-electron chi connectivity index (χ0n) is 43.3. The van der Waals surface area contributed by atoms with Gasteiger partial charge in [-0.2, -0.15) is 0 Å². The van der Waals surface area contributed by atoms with Gasteiger partial charge in [0.05, 0.1) is 24.2 Å². The van der Waals surface area contributed by atoms with Crippen molar-refractivity contribution in [2.45, 2.75) is 161 Å². The fourth-order valence-corrected chi connectivity index (χ4v) is 9.83. The highest BCUT2D eigenvalue weighted by atomic mass is 16.2. The number of carbonyl (C=O) groups excluding carboxylic acids is 7. The Morgan fingerprint density at radius 2 is 1.11 bits per heavy atom. The van der Waals surface area contributed by atoms with Crippen LogP contribution in [0.2, 0.25) is 0 Å². The number of benzene rings is 3. The minimum absolute atomic E-state index is 0.0396. The maximum absolute atomic E-state index is 14.6. The van der Waals surface area contributed by atoms with Gasteiger partial charge < -0.3 is 47.4 Å². The summed E-state index contributed by atoms with van der Waals surface area (Å²) in [5.74, 6) is -2.74. The van der Waals surface area contributed by atoms with Crippen LogP contribution in [0, 0.1) is 10.8 Å². The Labute approximate surface area is 419 Å². The molecule has 16 nitrogen and oxygen atoms in total. The highest BCUT2D eigenvalue weighted by molar-refractivity contribution is 5.97. The molecule has 0 aromatic heterocycles. The molecular weight excluding hydrogens is 899 g/mol. The fraction of sp³-hybridized carbons (Fsp3) is 0.545. The molecule has 3 aliphatic rings. The van der Waals surface area contributed by atoms with Gasteiger partial charge in [0.1, 0.15) is 24.2 Å². The van der Waals surface area contributed by atoms with E-state index in [1.165, 1.54) is 16.0 Å². The first kappa shape index (κ1) is 54.2. The summed E-state index contributed by atoms with van der Waals surface area (Å²) in [6.07, 6.45) is 5.37. The van der Waals surface area contributed by atoms with Crippen molar-refractivity contribution in [3.63, 3.8) is 0 Å². The van der Waals surface area contributed by atoms with Gasteiger partial charge in [-0.25, -0.2) is 0 Å². The Morgan fingerprint density at radius 3 is 1.63 bits per heavy atom. The van der Waals surface area contributed by atoms with Crippen molar-refractivity contribution in [2.75, 3.05) is 20.6 Å². The zero-order chi connectivity index (χ0) is 51.8. The van der Waals surface area contributed by atoms with Crippen molar-refractivity contribution in [3.8, 4) is 0 Å². The number of amides is 7. The van der Waals surface area contributed by atoms with E-state index in [0.717, 1.165) is 49.7 Å². The summed E-state index contributed by atoms with van der Waals surface area (Å²) in [6, 6.07) is 16.8. The molecule has 71 heavy (non-hydrogen) atoms. The molecule has 0 saturated carbocycles. The highest BCUT2D eigenvalue weighted by Crippen LogP contribution is 2.33. The Balaban J connectivity index is 1.21. The number of hydrogen-bond acceptors (Lipinski definition) is 9. The molecule has 1 aliphatic heterocycles. The first-order valence-electron chi connectivity index (χ1n) is 25.3. The lowest BCUT2D eigenvalue weighted by molar-refractivity contribution is -0.144. The van der Waals surface area contributed by atoms with Gasteiger partial charge in [0.25, 0.3) is 5.91 Å². The summed E-state index contributed by atoms with van der Waals surface area (Å²) in [5.41, 5.74) is 4.03. The van der Waals surface area contributed by atoms with E-state index < -0.39 is 70.8 Å². The Morgan fingerprint density at radius 1 is 0.606 bits per heavy atom. The van der Waals surface area contributed by atoms with Crippen LogP contribution in [0.5, 0.6) is 0 Å². The van der Waals surface area contributed by atoms with Crippen LogP contribution in [0.1, 0.15) is 138 Å². The molecule has 0 spiro atoms. The molecule has 1 fully saturated rings. The van der Waals surface area contributed by atoms with Crippen molar-refractivity contribution in [1.29, 1.82) is 0 Å². The number of fused-ring (bicyclic) bond motifs is 2. The van der Waals surface area contributed by atoms with E-state index in [0.29, 0.717) is 11.1 Å². The Hall–Kier alpha value is -6.13. The Bertz CT molecular complexity index is 2410. The average Bonchev–Trinajstić information content (AvgIpc) is 3.77. The summed E-state index contributed by atoms with van der Waals surface area (Å²) >= 11 is 0. The molecule has 1 saturated heterocycles. The number of nitrogens with one attached hydrogen (secondary N) is 8. The molecule has 6 rings (SSSR count). The Kier molecular flexibility index (Phi) is 17.9. The van der Waals surface area contributed by atoms with Crippen LogP contribution in [0.15, 0.2) is 72.8 Å². The fourth-order valence-electron chi connectivity index (χ4n) is 9.83. The largest absolute Gasteiger partial charge is 0.347 e. The van der Waals surface area contributed by atoms with Gasteiger partial charge in [-0.3, -0.25) is 33.6 Å². The topological polar surface area (TPSA) is 219 Å². The van der Waals surface area contributed by atoms with Crippen LogP contribution < -0.4 is 42.5 Å². The van der Waals surface area contributed by atoms with Crippen LogP contribution in [0.3, 0.4) is 0 Å². The molecule has 8 N–H and O–H groups in total. The third-order valence-electron chi connectivity index (χ3n) is 14.3. The van der Waals surface area contributed by atoms with E-state index in [1.54, 1.807) is 52.2 Å². The van der Waals surface area contributed by atoms with Gasteiger partial charge in [-0.1, -0.05) is 102 Å². The first-order valence-corrected chi connectivity index (χ1v) is 25.3.